The highest BCUT2D eigenvalue weighted by molar-refractivity contribution is 9.10. The van der Waals surface area contributed by atoms with Crippen LogP contribution in [0.1, 0.15) is 11.1 Å². The Morgan fingerprint density at radius 1 is 1.56 bits per heavy atom. The molecule has 0 saturated carbocycles. The van der Waals surface area contributed by atoms with Crippen LogP contribution in [0, 0.1) is 11.3 Å². The Hall–Kier alpha value is -1.33. The van der Waals surface area contributed by atoms with Gasteiger partial charge in [-0.1, -0.05) is 0 Å². The predicted molar refractivity (Wildman–Crippen MR) is 51.2 cm³/mol. The van der Waals surface area contributed by atoms with E-state index in [0.29, 0.717) is 0 Å². The average Bonchev–Trinajstić information content (AvgIpc) is 2.19. The quantitative estimate of drug-likeness (QED) is 0.848. The molecular weight excluding hydrogens is 291 g/mol. The minimum absolute atomic E-state index is 0.0401. The number of ether oxygens (including phenoxy) is 1. The Kier molecular flexibility index (Phi) is 3.72. The van der Waals surface area contributed by atoms with Crippen LogP contribution in [0.2, 0.25) is 0 Å². The highest BCUT2D eigenvalue weighted by atomic mass is 79.9. The topological polar surface area (TPSA) is 71.9 Å². The minimum Gasteiger partial charge on any atom is -0.402 e. The van der Waals surface area contributed by atoms with Crippen LogP contribution in [0.15, 0.2) is 10.8 Å². The van der Waals surface area contributed by atoms with Gasteiger partial charge in [0.1, 0.15) is 10.7 Å². The van der Waals surface area contributed by atoms with Gasteiger partial charge in [-0.05, 0) is 15.9 Å². The fraction of sp³-hybridized carbons (Fsp3) is 0.250. The summed E-state index contributed by atoms with van der Waals surface area (Å²) in [6, 6.07) is 1.69. The number of alkyl halides is 3. The number of nitrogens with two attached hydrogens (primary N) is 1. The number of hydrogen-bond acceptors (Lipinski definition) is 4. The van der Waals surface area contributed by atoms with Crippen molar-refractivity contribution in [2.75, 3.05) is 0 Å². The van der Waals surface area contributed by atoms with E-state index in [-0.39, 0.29) is 22.3 Å². The van der Waals surface area contributed by atoms with Gasteiger partial charge in [0.05, 0.1) is 5.56 Å². The van der Waals surface area contributed by atoms with Crippen LogP contribution in [0.4, 0.5) is 13.2 Å². The monoisotopic (exact) mass is 295 g/mol. The van der Waals surface area contributed by atoms with Crippen molar-refractivity contribution in [3.63, 3.8) is 0 Å². The molecule has 0 aliphatic heterocycles. The maximum atomic E-state index is 12.1. The number of pyridine rings is 1. The lowest BCUT2D eigenvalue weighted by molar-refractivity contribution is -0.275. The minimum atomic E-state index is -4.86. The summed E-state index contributed by atoms with van der Waals surface area (Å²) in [5.74, 6) is -0.575. The van der Waals surface area contributed by atoms with E-state index in [1.54, 1.807) is 6.07 Å². The van der Waals surface area contributed by atoms with Gasteiger partial charge in [0, 0.05) is 18.3 Å². The zero-order valence-electron chi connectivity index (χ0n) is 7.68. The Morgan fingerprint density at radius 2 is 2.19 bits per heavy atom. The zero-order chi connectivity index (χ0) is 12.3. The Morgan fingerprint density at radius 3 is 2.62 bits per heavy atom. The number of nitrogens with zero attached hydrogens (tertiary/aromatic N) is 2. The van der Waals surface area contributed by atoms with Crippen molar-refractivity contribution in [1.82, 2.24) is 4.98 Å². The number of hydrogen-bond donors (Lipinski definition) is 1. The van der Waals surface area contributed by atoms with E-state index in [4.69, 9.17) is 11.0 Å². The number of aromatic nitrogens is 1. The first-order valence-electron chi connectivity index (χ1n) is 3.92. The highest BCUT2D eigenvalue weighted by Gasteiger charge is 2.33. The van der Waals surface area contributed by atoms with E-state index >= 15 is 0 Å². The van der Waals surface area contributed by atoms with E-state index in [1.165, 1.54) is 0 Å². The average molecular weight is 296 g/mol. The van der Waals surface area contributed by atoms with E-state index in [2.05, 4.69) is 25.7 Å². The molecule has 0 unspecified atom stereocenters. The fourth-order valence-corrected chi connectivity index (χ4v) is 1.45. The number of nitriles is 1. The van der Waals surface area contributed by atoms with Crippen LogP contribution < -0.4 is 10.5 Å². The first-order valence-corrected chi connectivity index (χ1v) is 4.71. The van der Waals surface area contributed by atoms with Crippen LogP contribution in [0.3, 0.4) is 0 Å². The summed E-state index contributed by atoms with van der Waals surface area (Å²) in [5, 5.41) is 8.67. The van der Waals surface area contributed by atoms with Crippen LogP contribution in [-0.4, -0.2) is 11.3 Å². The molecule has 0 amide bonds. The molecule has 16 heavy (non-hydrogen) atoms. The van der Waals surface area contributed by atoms with Gasteiger partial charge >= 0.3 is 6.36 Å². The third-order valence-corrected chi connectivity index (χ3v) is 2.20. The molecule has 8 heteroatoms. The third-order valence-electron chi connectivity index (χ3n) is 1.64. The van der Waals surface area contributed by atoms with E-state index < -0.39 is 12.1 Å². The third kappa shape index (κ3) is 2.84. The number of rotatable bonds is 2. The molecular formula is C8H5BrF3N3O. The molecule has 0 fully saturated rings. The maximum absolute atomic E-state index is 12.1. The summed E-state index contributed by atoms with van der Waals surface area (Å²) in [6.07, 6.45) is -3.74. The second-order valence-electron chi connectivity index (χ2n) is 2.63. The SMILES string of the molecule is N#Cc1cnc(Br)c(OC(F)(F)F)c1CN. The summed E-state index contributed by atoms with van der Waals surface area (Å²) in [5.41, 5.74) is 5.18. The van der Waals surface area contributed by atoms with Crippen molar-refractivity contribution >= 4 is 15.9 Å². The first kappa shape index (κ1) is 12.7. The molecule has 0 aliphatic carbocycles. The second kappa shape index (κ2) is 4.67. The van der Waals surface area contributed by atoms with Gasteiger partial charge in [0.25, 0.3) is 0 Å². The number of halogens is 4. The van der Waals surface area contributed by atoms with Gasteiger partial charge < -0.3 is 10.5 Å². The summed E-state index contributed by atoms with van der Waals surface area (Å²) in [7, 11) is 0. The highest BCUT2D eigenvalue weighted by Crippen LogP contribution is 2.33. The van der Waals surface area contributed by atoms with Gasteiger partial charge in [-0.2, -0.15) is 5.26 Å². The second-order valence-corrected chi connectivity index (χ2v) is 3.39. The Balaban J connectivity index is 3.30. The maximum Gasteiger partial charge on any atom is 0.573 e. The molecule has 0 bridgehead atoms. The van der Waals surface area contributed by atoms with E-state index in [0.717, 1.165) is 6.20 Å². The molecule has 0 spiro atoms. The van der Waals surface area contributed by atoms with Gasteiger partial charge in [-0.25, -0.2) is 4.98 Å². The largest absolute Gasteiger partial charge is 0.573 e. The lowest BCUT2D eigenvalue weighted by Crippen LogP contribution is -2.20. The Labute approximate surface area is 97.0 Å². The zero-order valence-corrected chi connectivity index (χ0v) is 9.26. The summed E-state index contributed by atoms with van der Waals surface area (Å²) in [6.45, 7) is -0.255. The lowest BCUT2D eigenvalue weighted by Gasteiger charge is -2.14. The molecule has 1 rings (SSSR count). The first-order chi connectivity index (χ1) is 7.39. The van der Waals surface area contributed by atoms with E-state index in [1.807, 2.05) is 0 Å². The van der Waals surface area contributed by atoms with Crippen LogP contribution >= 0.6 is 15.9 Å². The summed E-state index contributed by atoms with van der Waals surface area (Å²) >= 11 is 2.80. The Bertz CT molecular complexity index is 441. The molecule has 0 saturated heterocycles. The van der Waals surface area contributed by atoms with Crippen molar-refractivity contribution in [2.45, 2.75) is 12.9 Å². The van der Waals surface area contributed by atoms with Gasteiger partial charge in [0.15, 0.2) is 5.75 Å². The van der Waals surface area contributed by atoms with Gasteiger partial charge in [-0.3, -0.25) is 0 Å². The molecule has 4 nitrogen and oxygen atoms in total. The lowest BCUT2D eigenvalue weighted by atomic mass is 10.1. The smallest absolute Gasteiger partial charge is 0.402 e. The van der Waals surface area contributed by atoms with E-state index in [9.17, 15) is 13.2 Å². The van der Waals surface area contributed by atoms with Crippen molar-refractivity contribution in [1.29, 1.82) is 5.26 Å². The molecule has 0 radical (unpaired) electrons. The van der Waals surface area contributed by atoms with Crippen molar-refractivity contribution in [3.8, 4) is 11.8 Å². The molecule has 0 aliphatic rings. The fourth-order valence-electron chi connectivity index (χ4n) is 1.02. The molecule has 86 valence electrons. The predicted octanol–water partition coefficient (Wildman–Crippen LogP) is 2.07. The summed E-state index contributed by atoms with van der Waals surface area (Å²) < 4.78 is 39.8. The van der Waals surface area contributed by atoms with Crippen molar-refractivity contribution in [2.24, 2.45) is 5.73 Å². The standard InChI is InChI=1S/C8H5BrF3N3O/c9-7-6(16-8(10,11)12)5(2-14)4(1-13)3-15-7/h3H,2,14H2. The van der Waals surface area contributed by atoms with Gasteiger partial charge in [-0.15, -0.1) is 13.2 Å². The molecule has 1 aromatic heterocycles. The molecule has 0 aromatic carbocycles. The molecule has 1 heterocycles. The van der Waals surface area contributed by atoms with Crippen LogP contribution in [0.5, 0.6) is 5.75 Å². The molecule has 0 atom stereocenters. The van der Waals surface area contributed by atoms with Gasteiger partial charge in [0.2, 0.25) is 0 Å². The normalized spacial score (nSPS) is 11.0. The van der Waals surface area contributed by atoms with Crippen LogP contribution in [0.25, 0.3) is 0 Å². The molecule has 2 N–H and O–H groups in total. The summed E-state index contributed by atoms with van der Waals surface area (Å²) in [4.78, 5) is 3.56. The molecule has 1 aromatic rings. The van der Waals surface area contributed by atoms with Crippen LogP contribution in [-0.2, 0) is 6.54 Å². The van der Waals surface area contributed by atoms with Crippen molar-refractivity contribution in [3.05, 3.63) is 21.9 Å². The van der Waals surface area contributed by atoms with Crippen molar-refractivity contribution < 1.29 is 17.9 Å².